The number of sulfone groups is 1. The van der Waals surface area contributed by atoms with E-state index < -0.39 is 14.7 Å². The number of allylic oxidation sites excluding steroid dienone is 3. The summed E-state index contributed by atoms with van der Waals surface area (Å²) in [6, 6.07) is 21.0. The van der Waals surface area contributed by atoms with Crippen molar-refractivity contribution in [3.05, 3.63) is 102 Å². The molecular formula is C27H24ClNO3S. The van der Waals surface area contributed by atoms with Crippen LogP contribution in [0.4, 0.5) is 0 Å². The van der Waals surface area contributed by atoms with Crippen molar-refractivity contribution in [2.75, 3.05) is 0 Å². The molecule has 0 fully saturated rings. The third kappa shape index (κ3) is 5.27. The second-order valence-corrected chi connectivity index (χ2v) is 11.0. The van der Waals surface area contributed by atoms with Crippen molar-refractivity contribution in [2.24, 2.45) is 4.99 Å². The van der Waals surface area contributed by atoms with Crippen molar-refractivity contribution in [3.63, 3.8) is 0 Å². The number of alkyl halides is 1. The summed E-state index contributed by atoms with van der Waals surface area (Å²) >= 11 is 6.66. The Balaban J connectivity index is 1.88. The second kappa shape index (κ2) is 9.00. The number of nitrogens with zero attached hydrogens (tertiary/aromatic N) is 1. The molecule has 1 aliphatic rings. The summed E-state index contributed by atoms with van der Waals surface area (Å²) in [4.78, 5) is 4.00. The molecule has 3 aromatic rings. The highest BCUT2D eigenvalue weighted by Crippen LogP contribution is 2.34. The Morgan fingerprint density at radius 1 is 0.970 bits per heavy atom. The Bertz CT molecular complexity index is 1370. The molecular weight excluding hydrogens is 454 g/mol. The molecule has 33 heavy (non-hydrogen) atoms. The zero-order valence-corrected chi connectivity index (χ0v) is 19.9. The molecule has 1 aliphatic heterocycles. The molecule has 1 N–H and O–H groups in total. The normalized spacial score (nSPS) is 18.4. The molecule has 1 heterocycles. The summed E-state index contributed by atoms with van der Waals surface area (Å²) in [6.45, 7) is 3.75. The molecule has 3 aromatic carbocycles. The molecule has 4 rings (SSSR count). The number of phenols is 1. The van der Waals surface area contributed by atoms with Crippen LogP contribution in [0.1, 0.15) is 25.0 Å². The minimum Gasteiger partial charge on any atom is -0.508 e. The maximum absolute atomic E-state index is 13.2. The number of phenolic OH excluding ortho intramolecular Hbond substituents is 1. The molecule has 0 radical (unpaired) electrons. The van der Waals surface area contributed by atoms with Crippen molar-refractivity contribution < 1.29 is 13.5 Å². The average molecular weight is 478 g/mol. The number of rotatable bonds is 5. The fraction of sp³-hybridized carbons (Fsp3) is 0.148. The van der Waals surface area contributed by atoms with Gasteiger partial charge in [0.1, 0.15) is 5.75 Å². The molecule has 4 nitrogen and oxygen atoms in total. The van der Waals surface area contributed by atoms with E-state index in [4.69, 9.17) is 11.6 Å². The Morgan fingerprint density at radius 2 is 1.64 bits per heavy atom. The SMILES string of the molecule is CC1=NC=CC(C)(Cl)C=C1c1cc(-c2ccc(O)cc2)ccc1CS(=O)(=O)c1ccccc1. The van der Waals surface area contributed by atoms with E-state index in [0.717, 1.165) is 28.0 Å². The Hall–Kier alpha value is -3.15. The van der Waals surface area contributed by atoms with Crippen LogP contribution >= 0.6 is 11.6 Å². The Morgan fingerprint density at radius 3 is 2.33 bits per heavy atom. The van der Waals surface area contributed by atoms with Crippen LogP contribution in [0.15, 0.2) is 101 Å². The second-order valence-electron chi connectivity index (χ2n) is 8.23. The largest absolute Gasteiger partial charge is 0.508 e. The zero-order chi connectivity index (χ0) is 23.6. The lowest BCUT2D eigenvalue weighted by atomic mass is 9.91. The van der Waals surface area contributed by atoms with Gasteiger partial charge in [-0.05, 0) is 72.5 Å². The van der Waals surface area contributed by atoms with Gasteiger partial charge < -0.3 is 5.11 Å². The smallest absolute Gasteiger partial charge is 0.182 e. The number of hydrogen-bond acceptors (Lipinski definition) is 4. The van der Waals surface area contributed by atoms with E-state index in [1.165, 1.54) is 0 Å². The first kappa shape index (κ1) is 23.0. The molecule has 6 heteroatoms. The summed E-state index contributed by atoms with van der Waals surface area (Å²) in [5, 5.41) is 9.65. The first-order valence-electron chi connectivity index (χ1n) is 10.5. The van der Waals surface area contributed by atoms with Gasteiger partial charge >= 0.3 is 0 Å². The van der Waals surface area contributed by atoms with Gasteiger partial charge in [-0.1, -0.05) is 48.5 Å². The van der Waals surface area contributed by atoms with Crippen molar-refractivity contribution >= 4 is 32.7 Å². The maximum atomic E-state index is 13.2. The number of aliphatic imine (C=N–C) groups is 1. The van der Waals surface area contributed by atoms with E-state index in [1.807, 2.05) is 50.3 Å². The molecule has 0 bridgehead atoms. The highest BCUT2D eigenvalue weighted by molar-refractivity contribution is 7.90. The lowest BCUT2D eigenvalue weighted by molar-refractivity contribution is 0.475. The monoisotopic (exact) mass is 477 g/mol. The molecule has 0 aromatic heterocycles. The first-order valence-corrected chi connectivity index (χ1v) is 12.5. The molecule has 1 unspecified atom stereocenters. The summed E-state index contributed by atoms with van der Waals surface area (Å²) in [5.41, 5.74) is 4.76. The fourth-order valence-electron chi connectivity index (χ4n) is 3.77. The molecule has 168 valence electrons. The minimum atomic E-state index is -3.56. The van der Waals surface area contributed by atoms with E-state index in [9.17, 15) is 13.5 Å². The predicted molar refractivity (Wildman–Crippen MR) is 135 cm³/mol. The Kier molecular flexibility index (Phi) is 6.28. The van der Waals surface area contributed by atoms with Crippen molar-refractivity contribution in [1.82, 2.24) is 0 Å². The topological polar surface area (TPSA) is 66.7 Å². The summed E-state index contributed by atoms with van der Waals surface area (Å²) < 4.78 is 26.4. The first-order chi connectivity index (χ1) is 15.6. The highest BCUT2D eigenvalue weighted by atomic mass is 35.5. The maximum Gasteiger partial charge on any atom is 0.182 e. The van der Waals surface area contributed by atoms with E-state index in [2.05, 4.69) is 4.99 Å². The van der Waals surface area contributed by atoms with Crippen LogP contribution in [0.25, 0.3) is 16.7 Å². The van der Waals surface area contributed by atoms with Gasteiger partial charge in [-0.25, -0.2) is 8.42 Å². The van der Waals surface area contributed by atoms with Crippen LogP contribution in [-0.4, -0.2) is 24.1 Å². The van der Waals surface area contributed by atoms with Gasteiger partial charge in [0.2, 0.25) is 0 Å². The molecule has 0 spiro atoms. The molecule has 0 saturated heterocycles. The number of benzene rings is 3. The van der Waals surface area contributed by atoms with Crippen LogP contribution in [0.2, 0.25) is 0 Å². The van der Waals surface area contributed by atoms with Crippen molar-refractivity contribution in [1.29, 1.82) is 0 Å². The number of halogens is 1. The van der Waals surface area contributed by atoms with Crippen LogP contribution < -0.4 is 0 Å². The highest BCUT2D eigenvalue weighted by Gasteiger charge is 2.24. The average Bonchev–Trinajstić information content (AvgIpc) is 2.92. The van der Waals surface area contributed by atoms with Gasteiger partial charge in [0.25, 0.3) is 0 Å². The van der Waals surface area contributed by atoms with Crippen LogP contribution in [0, 0.1) is 0 Å². The Labute approximate surface area is 199 Å². The number of aromatic hydroxyl groups is 1. The van der Waals surface area contributed by atoms with E-state index >= 15 is 0 Å². The van der Waals surface area contributed by atoms with Gasteiger partial charge in [0.05, 0.1) is 15.5 Å². The van der Waals surface area contributed by atoms with E-state index in [-0.39, 0.29) is 16.4 Å². The minimum absolute atomic E-state index is 0.154. The molecule has 0 amide bonds. The molecule has 0 aliphatic carbocycles. The van der Waals surface area contributed by atoms with Gasteiger partial charge in [-0.3, -0.25) is 4.99 Å². The van der Waals surface area contributed by atoms with Crippen molar-refractivity contribution in [2.45, 2.75) is 29.4 Å². The van der Waals surface area contributed by atoms with Gasteiger partial charge in [0, 0.05) is 17.5 Å². The van der Waals surface area contributed by atoms with E-state index in [0.29, 0.717) is 5.56 Å². The van der Waals surface area contributed by atoms with Crippen LogP contribution in [0.5, 0.6) is 5.75 Å². The fourth-order valence-corrected chi connectivity index (χ4v) is 5.34. The van der Waals surface area contributed by atoms with Crippen LogP contribution in [0.3, 0.4) is 0 Å². The summed E-state index contributed by atoms with van der Waals surface area (Å²) in [5.74, 6) is 0.0298. The lowest BCUT2D eigenvalue weighted by Crippen LogP contribution is -2.12. The lowest BCUT2D eigenvalue weighted by Gasteiger charge is -2.18. The van der Waals surface area contributed by atoms with Crippen molar-refractivity contribution in [3.8, 4) is 16.9 Å². The predicted octanol–water partition coefficient (Wildman–Crippen LogP) is 6.40. The van der Waals surface area contributed by atoms with Gasteiger partial charge in [0.15, 0.2) is 9.84 Å². The zero-order valence-electron chi connectivity index (χ0n) is 18.4. The quantitative estimate of drug-likeness (QED) is 0.432. The van der Waals surface area contributed by atoms with Gasteiger partial charge in [-0.2, -0.15) is 0 Å². The van der Waals surface area contributed by atoms with Crippen LogP contribution in [-0.2, 0) is 15.6 Å². The third-order valence-corrected chi connectivity index (χ3v) is 7.45. The summed E-state index contributed by atoms with van der Waals surface area (Å²) in [7, 11) is -3.56. The molecule has 0 saturated carbocycles. The number of hydrogen-bond donors (Lipinski definition) is 1. The standard InChI is InChI=1S/C27H24ClNO3S/c1-19-26(17-27(2,28)14-15-29-19)25-16-21(20-10-12-23(30)13-11-20)8-9-22(25)18-33(31,32)24-6-4-3-5-7-24/h3-17,30H,18H2,1-2H3. The van der Waals surface area contributed by atoms with E-state index in [1.54, 1.807) is 54.7 Å². The molecule has 1 atom stereocenters. The summed E-state index contributed by atoms with van der Waals surface area (Å²) in [6.07, 6.45) is 5.39. The third-order valence-electron chi connectivity index (χ3n) is 5.53. The van der Waals surface area contributed by atoms with Gasteiger partial charge in [-0.15, -0.1) is 11.6 Å².